The third kappa shape index (κ3) is 5.78. The zero-order valence-electron chi connectivity index (χ0n) is 19.4. The van der Waals surface area contributed by atoms with E-state index in [4.69, 9.17) is 9.47 Å². The number of likely N-dealkylation sites (tertiary alicyclic amines) is 1. The van der Waals surface area contributed by atoms with Gasteiger partial charge in [-0.15, -0.1) is 0 Å². The monoisotopic (exact) mass is 451 g/mol. The Morgan fingerprint density at radius 1 is 0.970 bits per heavy atom. The Morgan fingerprint density at radius 3 is 2.36 bits per heavy atom. The molecule has 7 nitrogen and oxygen atoms in total. The van der Waals surface area contributed by atoms with Gasteiger partial charge in [0.2, 0.25) is 5.91 Å². The number of benzene rings is 2. The van der Waals surface area contributed by atoms with Gasteiger partial charge in [-0.2, -0.15) is 0 Å². The van der Waals surface area contributed by atoms with Gasteiger partial charge in [-0.1, -0.05) is 38.1 Å². The van der Waals surface area contributed by atoms with Gasteiger partial charge in [0.1, 0.15) is 0 Å². The number of rotatable bonds is 5. The van der Waals surface area contributed by atoms with Crippen LogP contribution in [0.4, 0.5) is 10.5 Å². The zero-order valence-corrected chi connectivity index (χ0v) is 19.4. The number of urea groups is 1. The van der Waals surface area contributed by atoms with Crippen molar-refractivity contribution in [3.05, 3.63) is 54.1 Å². The maximum Gasteiger partial charge on any atom is 0.321 e. The number of ether oxygens (including phenoxy) is 2. The largest absolute Gasteiger partial charge is 0.490 e. The third-order valence-corrected chi connectivity index (χ3v) is 6.27. The minimum absolute atomic E-state index is 0.0453. The van der Waals surface area contributed by atoms with E-state index in [1.165, 1.54) is 0 Å². The highest BCUT2D eigenvalue weighted by molar-refractivity contribution is 5.89. The summed E-state index contributed by atoms with van der Waals surface area (Å²) in [5, 5.41) is 6.17. The van der Waals surface area contributed by atoms with E-state index in [0.717, 1.165) is 29.2 Å². The second-order valence-electron chi connectivity index (χ2n) is 9.04. The van der Waals surface area contributed by atoms with Gasteiger partial charge in [-0.05, 0) is 48.6 Å². The molecule has 0 aliphatic carbocycles. The summed E-state index contributed by atoms with van der Waals surface area (Å²) in [6.07, 6.45) is 2.16. The summed E-state index contributed by atoms with van der Waals surface area (Å²) in [6.45, 7) is 6.61. The smallest absolute Gasteiger partial charge is 0.321 e. The molecule has 0 spiro atoms. The fraction of sp³-hybridized carbons (Fsp3) is 0.462. The second kappa shape index (κ2) is 10.6. The number of hydrogen-bond donors (Lipinski definition) is 2. The van der Waals surface area contributed by atoms with Crippen molar-refractivity contribution in [1.29, 1.82) is 0 Å². The highest BCUT2D eigenvalue weighted by atomic mass is 16.5. The number of nitrogens with zero attached hydrogens (tertiary/aromatic N) is 1. The Balaban J connectivity index is 1.34. The second-order valence-corrected chi connectivity index (χ2v) is 9.04. The standard InChI is InChI=1S/C26H33N3O4/c1-18(2)24(20-9-10-22-23(17-20)33-16-6-15-32-22)28-25(30)19-11-13-29(14-12-19)26(31)27-21-7-4-3-5-8-21/h3-5,7-10,17-19,24H,6,11-16H2,1-2H3,(H,27,31)(H,28,30)/t24-/m1/s1. The maximum absolute atomic E-state index is 13.1. The number of piperidine rings is 1. The van der Waals surface area contributed by atoms with E-state index in [9.17, 15) is 9.59 Å². The molecule has 2 aliphatic heterocycles. The molecule has 2 aromatic rings. The van der Waals surface area contributed by atoms with Crippen LogP contribution in [-0.4, -0.2) is 43.1 Å². The summed E-state index contributed by atoms with van der Waals surface area (Å²) >= 11 is 0. The molecular weight excluding hydrogens is 418 g/mol. The van der Waals surface area contributed by atoms with Crippen molar-refractivity contribution in [2.75, 3.05) is 31.6 Å². The first-order valence-corrected chi connectivity index (χ1v) is 11.8. The predicted molar refractivity (Wildman–Crippen MR) is 128 cm³/mol. The van der Waals surface area contributed by atoms with Crippen molar-refractivity contribution in [3.63, 3.8) is 0 Å². The molecule has 3 amide bonds. The lowest BCUT2D eigenvalue weighted by Gasteiger charge is -2.33. The van der Waals surface area contributed by atoms with Crippen molar-refractivity contribution in [2.24, 2.45) is 11.8 Å². The van der Waals surface area contributed by atoms with Crippen LogP contribution in [0.15, 0.2) is 48.5 Å². The summed E-state index contributed by atoms with van der Waals surface area (Å²) in [4.78, 5) is 27.4. The van der Waals surface area contributed by atoms with Crippen LogP contribution in [0.2, 0.25) is 0 Å². The van der Waals surface area contributed by atoms with E-state index < -0.39 is 0 Å². The highest BCUT2D eigenvalue weighted by Gasteiger charge is 2.30. The molecule has 0 bridgehead atoms. The number of hydrogen-bond acceptors (Lipinski definition) is 4. The van der Waals surface area contributed by atoms with Crippen LogP contribution < -0.4 is 20.1 Å². The van der Waals surface area contributed by atoms with Crippen LogP contribution in [0.3, 0.4) is 0 Å². The Labute approximate surface area is 195 Å². The minimum Gasteiger partial charge on any atom is -0.490 e. The summed E-state index contributed by atoms with van der Waals surface area (Å²) in [7, 11) is 0. The molecule has 0 aromatic heterocycles. The van der Waals surface area contributed by atoms with Crippen molar-refractivity contribution in [2.45, 2.75) is 39.2 Å². The first kappa shape index (κ1) is 23.0. The topological polar surface area (TPSA) is 79.9 Å². The van der Waals surface area contributed by atoms with Crippen LogP contribution in [0.5, 0.6) is 11.5 Å². The first-order valence-electron chi connectivity index (χ1n) is 11.8. The molecular formula is C26H33N3O4. The van der Waals surface area contributed by atoms with E-state index in [-0.39, 0.29) is 29.8 Å². The summed E-state index contributed by atoms with van der Waals surface area (Å²) in [5.74, 6) is 1.65. The van der Waals surface area contributed by atoms with Gasteiger partial charge >= 0.3 is 6.03 Å². The minimum atomic E-state index is -0.118. The zero-order chi connectivity index (χ0) is 23.2. The van der Waals surface area contributed by atoms with Crippen molar-refractivity contribution >= 4 is 17.6 Å². The molecule has 2 heterocycles. The molecule has 1 fully saturated rings. The molecule has 2 aromatic carbocycles. The van der Waals surface area contributed by atoms with Gasteiger partial charge in [-0.3, -0.25) is 4.79 Å². The van der Waals surface area contributed by atoms with Crippen LogP contribution in [0, 0.1) is 11.8 Å². The Bertz CT molecular complexity index is 955. The molecule has 33 heavy (non-hydrogen) atoms. The van der Waals surface area contributed by atoms with E-state index in [1.54, 1.807) is 4.90 Å². The van der Waals surface area contributed by atoms with Gasteiger partial charge in [-0.25, -0.2) is 4.79 Å². The number of para-hydroxylation sites is 1. The molecule has 176 valence electrons. The van der Waals surface area contributed by atoms with Crippen molar-refractivity contribution in [1.82, 2.24) is 10.2 Å². The lowest BCUT2D eigenvalue weighted by Crippen LogP contribution is -2.45. The lowest BCUT2D eigenvalue weighted by molar-refractivity contribution is -0.127. The maximum atomic E-state index is 13.1. The Kier molecular flexibility index (Phi) is 7.37. The van der Waals surface area contributed by atoms with Crippen molar-refractivity contribution < 1.29 is 19.1 Å². The number of carbonyl (C=O) groups is 2. The van der Waals surface area contributed by atoms with Gasteiger partial charge in [0.05, 0.1) is 19.3 Å². The average Bonchev–Trinajstić information content (AvgIpc) is 3.08. The van der Waals surface area contributed by atoms with Crippen LogP contribution in [0.1, 0.15) is 44.7 Å². The molecule has 1 saturated heterocycles. The molecule has 1 atom stereocenters. The van der Waals surface area contributed by atoms with Gasteiger partial charge in [0.25, 0.3) is 0 Å². The van der Waals surface area contributed by atoms with Crippen LogP contribution in [0.25, 0.3) is 0 Å². The Morgan fingerprint density at radius 2 is 1.67 bits per heavy atom. The fourth-order valence-corrected chi connectivity index (χ4v) is 4.35. The first-order chi connectivity index (χ1) is 16.0. The predicted octanol–water partition coefficient (Wildman–Crippen LogP) is 4.61. The Hall–Kier alpha value is -3.22. The molecule has 2 aliphatic rings. The number of amides is 3. The van der Waals surface area contributed by atoms with Gasteiger partial charge in [0.15, 0.2) is 11.5 Å². The van der Waals surface area contributed by atoms with Crippen molar-refractivity contribution in [3.8, 4) is 11.5 Å². The summed E-state index contributed by atoms with van der Waals surface area (Å²) in [5.41, 5.74) is 1.79. The summed E-state index contributed by atoms with van der Waals surface area (Å²) < 4.78 is 11.6. The number of fused-ring (bicyclic) bond motifs is 1. The SMILES string of the molecule is CC(C)[C@@H](NC(=O)C1CCN(C(=O)Nc2ccccc2)CC1)c1ccc2c(c1)OCCCO2. The number of carbonyl (C=O) groups excluding carboxylic acids is 2. The summed E-state index contributed by atoms with van der Waals surface area (Å²) in [6, 6.07) is 15.1. The molecule has 4 rings (SSSR count). The average molecular weight is 452 g/mol. The molecule has 0 saturated carbocycles. The number of nitrogens with one attached hydrogen (secondary N) is 2. The van der Waals surface area contributed by atoms with Gasteiger partial charge < -0.3 is 25.0 Å². The van der Waals surface area contributed by atoms with Crippen LogP contribution >= 0.6 is 0 Å². The molecule has 0 unspecified atom stereocenters. The normalized spacial score (nSPS) is 17.2. The van der Waals surface area contributed by atoms with Gasteiger partial charge in [0, 0.05) is 31.1 Å². The van der Waals surface area contributed by atoms with E-state index >= 15 is 0 Å². The molecule has 7 heteroatoms. The lowest BCUT2D eigenvalue weighted by atomic mass is 9.92. The molecule has 0 radical (unpaired) electrons. The molecule has 2 N–H and O–H groups in total. The van der Waals surface area contributed by atoms with E-state index in [2.05, 4.69) is 24.5 Å². The highest BCUT2D eigenvalue weighted by Crippen LogP contribution is 2.34. The van der Waals surface area contributed by atoms with Crippen LogP contribution in [-0.2, 0) is 4.79 Å². The van der Waals surface area contributed by atoms with E-state index in [1.807, 2.05) is 48.5 Å². The number of anilines is 1. The van der Waals surface area contributed by atoms with E-state index in [0.29, 0.717) is 39.1 Å². The quantitative estimate of drug-likeness (QED) is 0.696. The fourth-order valence-electron chi connectivity index (χ4n) is 4.35. The third-order valence-electron chi connectivity index (χ3n) is 6.27.